The molecule has 0 bridgehead atoms. The van der Waals surface area contributed by atoms with E-state index in [1.54, 1.807) is 0 Å². The Labute approximate surface area is 283 Å². The molecule has 0 unspecified atom stereocenters. The van der Waals surface area contributed by atoms with Gasteiger partial charge in [-0.3, -0.25) is 14.1 Å². The van der Waals surface area contributed by atoms with Crippen LogP contribution in [0.5, 0.6) is 0 Å². The van der Waals surface area contributed by atoms with E-state index < -0.39 is 152 Å². The van der Waals surface area contributed by atoms with E-state index in [0.29, 0.717) is 0 Å². The summed E-state index contributed by atoms with van der Waals surface area (Å²) in [4.78, 5) is 36.2. The molecule has 0 aromatic carbocycles. The average Bonchev–Trinajstić information content (AvgIpc) is 3.02. The highest BCUT2D eigenvalue weighted by molar-refractivity contribution is 7.80. The number of nitrogens with one attached hydrogen (secondary N) is 2. The van der Waals surface area contributed by atoms with Crippen molar-refractivity contribution in [2.24, 2.45) is 0 Å². The second-order valence-electron chi connectivity index (χ2n) is 11.8. The van der Waals surface area contributed by atoms with E-state index in [0.717, 1.165) is 13.8 Å². The number of carbonyl (C=O) groups excluding carboxylic acids is 2. The summed E-state index contributed by atoms with van der Waals surface area (Å²) in [6, 6.07) is -3.28. The molecular formula is C25H42N2O22S. The molecule has 2 amide bonds. The number of hydrogen-bond acceptors (Lipinski definition) is 20. The van der Waals surface area contributed by atoms with Crippen LogP contribution in [0.1, 0.15) is 20.3 Å². The van der Waals surface area contributed by atoms with E-state index in [4.69, 9.17) is 28.2 Å². The van der Waals surface area contributed by atoms with Crippen LogP contribution in [0.4, 0.5) is 0 Å². The molecule has 25 heteroatoms. The average molecular weight is 755 g/mol. The van der Waals surface area contributed by atoms with Crippen LogP contribution >= 0.6 is 0 Å². The van der Waals surface area contributed by atoms with Crippen LogP contribution < -0.4 is 10.6 Å². The standard InChI is InChI=1S/C25H42N2O22S/c1-7(30)26-13-9(32)3-25(24(39)40,48-20(13)15(34)10(33)4-28)49-21-16(35)11(5-29)46-23(18(21)37)47-19-12(6-44-50(41,42)43)45-22(38)14(17(19)36)27-8(2)31/h9-23,28-29,32-38H,3-6H2,1-2H3,(H,26,30)(H,27,31)(H,39,40)(H,41,42,43)/t9-,10+,11+,12+,13+,14+,15+,16-,17+,18+,19+,20+,21-,22+,23+,25-/m0/s1. The van der Waals surface area contributed by atoms with Gasteiger partial charge < -0.3 is 85.4 Å². The van der Waals surface area contributed by atoms with Gasteiger partial charge in [-0.25, -0.2) is 8.98 Å². The van der Waals surface area contributed by atoms with Crippen molar-refractivity contribution in [1.82, 2.24) is 10.6 Å². The molecule has 16 atom stereocenters. The summed E-state index contributed by atoms with van der Waals surface area (Å²) < 4.78 is 63.0. The van der Waals surface area contributed by atoms with Crippen LogP contribution in [0.3, 0.4) is 0 Å². The summed E-state index contributed by atoms with van der Waals surface area (Å²) in [6.45, 7) is -1.30. The third-order valence-electron chi connectivity index (χ3n) is 8.07. The van der Waals surface area contributed by atoms with Crippen LogP contribution in [-0.4, -0.2) is 199 Å². The largest absolute Gasteiger partial charge is 0.477 e. The first kappa shape index (κ1) is 42.1. The summed E-state index contributed by atoms with van der Waals surface area (Å²) in [5.41, 5.74) is 0. The van der Waals surface area contributed by atoms with E-state index in [2.05, 4.69) is 14.8 Å². The lowest BCUT2D eigenvalue weighted by atomic mass is 9.88. The first-order chi connectivity index (χ1) is 23.2. The van der Waals surface area contributed by atoms with Gasteiger partial charge in [0, 0.05) is 20.3 Å². The van der Waals surface area contributed by atoms with E-state index >= 15 is 0 Å². The molecular weight excluding hydrogens is 712 g/mol. The third kappa shape index (κ3) is 9.77. The van der Waals surface area contributed by atoms with Gasteiger partial charge in [0.1, 0.15) is 67.1 Å². The molecule has 3 fully saturated rings. The molecule has 3 aliphatic rings. The fourth-order valence-corrected chi connectivity index (χ4v) is 6.01. The molecule has 50 heavy (non-hydrogen) atoms. The predicted molar refractivity (Wildman–Crippen MR) is 152 cm³/mol. The molecule has 0 spiro atoms. The Kier molecular flexibility index (Phi) is 14.4. The van der Waals surface area contributed by atoms with E-state index in [-0.39, 0.29) is 0 Å². The van der Waals surface area contributed by atoms with Crippen LogP contribution in [0.2, 0.25) is 0 Å². The first-order valence-electron chi connectivity index (χ1n) is 14.9. The molecule has 3 saturated heterocycles. The summed E-state index contributed by atoms with van der Waals surface area (Å²) in [5, 5.41) is 109. The molecule has 290 valence electrons. The molecule has 3 heterocycles. The summed E-state index contributed by atoms with van der Waals surface area (Å²) in [7, 11) is -5.15. The van der Waals surface area contributed by atoms with Crippen LogP contribution in [0, 0.1) is 0 Å². The van der Waals surface area contributed by atoms with Crippen molar-refractivity contribution in [2.75, 3.05) is 19.8 Å². The van der Waals surface area contributed by atoms with Crippen LogP contribution in [-0.2, 0) is 52.7 Å². The lowest BCUT2D eigenvalue weighted by Gasteiger charge is -2.50. The number of aliphatic hydroxyl groups excluding tert-OH is 9. The minimum absolute atomic E-state index is 0.791. The SMILES string of the molecule is CC(=O)N[C@@H]1[C@@H](O)[C@H](O[C@H]2O[C@H](CO)[C@H](O)[C@H](O[C@]3(C(=O)O)C[C@H](O)[C@@H](NC(C)=O)[C@H]([C@H](O)[C@H](O)CO)O3)[C@H]2O)[C@@H](COS(=O)(=O)O)O[C@H]1O. The van der Waals surface area contributed by atoms with Crippen molar-refractivity contribution in [3.05, 3.63) is 0 Å². The smallest absolute Gasteiger partial charge is 0.397 e. The first-order valence-corrected chi connectivity index (χ1v) is 16.2. The van der Waals surface area contributed by atoms with Gasteiger partial charge in [0.25, 0.3) is 5.79 Å². The normalized spacial score (nSPS) is 40.8. The quantitative estimate of drug-likeness (QED) is 0.0732. The molecule has 0 aromatic rings. The summed E-state index contributed by atoms with van der Waals surface area (Å²) in [5.74, 6) is -6.74. The van der Waals surface area contributed by atoms with E-state index in [1.165, 1.54) is 0 Å². The van der Waals surface area contributed by atoms with Crippen LogP contribution in [0.15, 0.2) is 0 Å². The Morgan fingerprint density at radius 2 is 1.50 bits per heavy atom. The molecule has 0 aliphatic carbocycles. The van der Waals surface area contributed by atoms with Gasteiger partial charge in [0.05, 0.1) is 32.0 Å². The number of carboxylic acid groups (broad SMARTS) is 1. The number of hydrogen-bond donors (Lipinski definition) is 13. The Hall–Kier alpha value is -2.28. The van der Waals surface area contributed by atoms with Gasteiger partial charge in [0.2, 0.25) is 11.8 Å². The van der Waals surface area contributed by atoms with Crippen molar-refractivity contribution in [3.8, 4) is 0 Å². The minimum Gasteiger partial charge on any atom is -0.477 e. The zero-order valence-electron chi connectivity index (χ0n) is 26.3. The van der Waals surface area contributed by atoms with Gasteiger partial charge >= 0.3 is 16.4 Å². The Bertz CT molecular complexity index is 1290. The van der Waals surface area contributed by atoms with Crippen molar-refractivity contribution in [2.45, 2.75) is 118 Å². The van der Waals surface area contributed by atoms with Crippen molar-refractivity contribution in [1.29, 1.82) is 0 Å². The predicted octanol–water partition coefficient (Wildman–Crippen LogP) is -8.25. The highest BCUT2D eigenvalue weighted by Gasteiger charge is 2.60. The second kappa shape index (κ2) is 17.0. The maximum Gasteiger partial charge on any atom is 0.397 e. The molecule has 3 aliphatic heterocycles. The molecule has 3 rings (SSSR count). The van der Waals surface area contributed by atoms with Gasteiger partial charge in [-0.2, -0.15) is 8.42 Å². The number of aliphatic hydroxyl groups is 9. The van der Waals surface area contributed by atoms with Crippen molar-refractivity contribution >= 4 is 28.2 Å². The molecule has 0 saturated carbocycles. The fourth-order valence-electron chi connectivity index (χ4n) is 5.71. The highest BCUT2D eigenvalue weighted by atomic mass is 32.3. The maximum atomic E-state index is 12.7. The number of rotatable bonds is 14. The lowest BCUT2D eigenvalue weighted by Crippen LogP contribution is -2.71. The fraction of sp³-hybridized carbons (Fsp3) is 0.880. The summed E-state index contributed by atoms with van der Waals surface area (Å²) >= 11 is 0. The maximum absolute atomic E-state index is 12.7. The Balaban J connectivity index is 1.99. The number of aliphatic carboxylic acids is 1. The van der Waals surface area contributed by atoms with E-state index in [9.17, 15) is 73.9 Å². The van der Waals surface area contributed by atoms with Crippen LogP contribution in [0.25, 0.3) is 0 Å². The Morgan fingerprint density at radius 1 is 0.900 bits per heavy atom. The monoisotopic (exact) mass is 754 g/mol. The highest BCUT2D eigenvalue weighted by Crippen LogP contribution is 2.38. The zero-order chi connectivity index (χ0) is 37.9. The molecule has 0 radical (unpaired) electrons. The number of ether oxygens (including phenoxy) is 5. The minimum atomic E-state index is -5.15. The van der Waals surface area contributed by atoms with Crippen molar-refractivity contribution < 1.29 is 106 Å². The van der Waals surface area contributed by atoms with Gasteiger partial charge in [0.15, 0.2) is 12.6 Å². The zero-order valence-corrected chi connectivity index (χ0v) is 27.1. The summed E-state index contributed by atoms with van der Waals surface area (Å²) in [6.07, 6.45) is -27.7. The number of amides is 2. The van der Waals surface area contributed by atoms with Gasteiger partial charge in [-0.05, 0) is 0 Å². The molecule has 0 aromatic heterocycles. The van der Waals surface area contributed by atoms with Gasteiger partial charge in [-0.15, -0.1) is 0 Å². The molecule has 24 nitrogen and oxygen atoms in total. The van der Waals surface area contributed by atoms with Crippen molar-refractivity contribution in [3.63, 3.8) is 0 Å². The van der Waals surface area contributed by atoms with E-state index in [1.807, 2.05) is 0 Å². The third-order valence-corrected chi connectivity index (χ3v) is 8.50. The van der Waals surface area contributed by atoms with Gasteiger partial charge in [-0.1, -0.05) is 0 Å². The number of carbonyl (C=O) groups is 3. The topological polar surface area (TPSA) is 387 Å². The Morgan fingerprint density at radius 3 is 2.02 bits per heavy atom. The number of carboxylic acids is 1. The molecule has 13 N–H and O–H groups in total. The lowest BCUT2D eigenvalue weighted by molar-refractivity contribution is -0.382. The second-order valence-corrected chi connectivity index (χ2v) is 12.9.